The molecule has 0 atom stereocenters. The molecular weight excluding hydrogens is 307 g/mol. The maximum Gasteiger partial charge on any atom is 0.508 e. The van der Waals surface area contributed by atoms with Crippen LogP contribution in [0.5, 0.6) is 0 Å². The molecule has 0 fully saturated rings. The number of carbonyl (C=O) groups excluding carboxylic acids is 2. The fraction of sp³-hybridized carbons (Fsp3) is 0.500. The van der Waals surface area contributed by atoms with Crippen molar-refractivity contribution >= 4 is 12.3 Å². The molecule has 0 heterocycles. The molecule has 0 aromatic heterocycles. The van der Waals surface area contributed by atoms with E-state index in [0.29, 0.717) is 13.2 Å². The molecule has 1 aromatic carbocycles. The van der Waals surface area contributed by atoms with Gasteiger partial charge in [-0.25, -0.2) is 14.0 Å². The van der Waals surface area contributed by atoms with Gasteiger partial charge in [-0.2, -0.15) is 0 Å². The van der Waals surface area contributed by atoms with Gasteiger partial charge in [0.1, 0.15) is 5.82 Å². The van der Waals surface area contributed by atoms with Crippen LogP contribution >= 0.6 is 0 Å². The molecule has 0 spiro atoms. The van der Waals surface area contributed by atoms with Crippen molar-refractivity contribution < 1.29 is 32.9 Å². The molecule has 0 aliphatic heterocycles. The number of rotatable bonds is 4. The highest BCUT2D eigenvalue weighted by atomic mass is 19.1. The molecule has 23 heavy (non-hydrogen) atoms. The van der Waals surface area contributed by atoms with Crippen molar-refractivity contribution in [2.24, 2.45) is 0 Å². The zero-order chi connectivity index (χ0) is 17.9. The molecule has 0 unspecified atom stereocenters. The number of methoxy groups -OCH3 is 2. The second kappa shape index (κ2) is 17.7. The number of benzene rings is 1. The average molecular weight is 332 g/mol. The summed E-state index contributed by atoms with van der Waals surface area (Å²) in [6.45, 7) is 4.77. The summed E-state index contributed by atoms with van der Waals surface area (Å²) in [5.41, 5.74) is 0. The lowest BCUT2D eigenvalue weighted by atomic mass is 10.4. The first kappa shape index (κ1) is 23.0. The summed E-state index contributed by atoms with van der Waals surface area (Å²) in [5, 5.41) is 0. The van der Waals surface area contributed by atoms with Gasteiger partial charge in [-0.3, -0.25) is 0 Å². The Hall–Kier alpha value is -2.31. The highest BCUT2D eigenvalue weighted by Crippen LogP contribution is 1.91. The van der Waals surface area contributed by atoms with Gasteiger partial charge in [0.05, 0.1) is 27.4 Å². The molecule has 1 rings (SSSR count). The van der Waals surface area contributed by atoms with E-state index in [9.17, 15) is 14.0 Å². The third-order valence-electron chi connectivity index (χ3n) is 1.91. The van der Waals surface area contributed by atoms with E-state index in [-0.39, 0.29) is 5.82 Å². The fourth-order valence-corrected chi connectivity index (χ4v) is 0.910. The summed E-state index contributed by atoms with van der Waals surface area (Å²) in [6, 6.07) is 7.94. The van der Waals surface area contributed by atoms with E-state index in [4.69, 9.17) is 0 Å². The third-order valence-corrected chi connectivity index (χ3v) is 1.91. The molecule has 0 N–H and O–H groups in total. The molecule has 0 saturated carbocycles. The summed E-state index contributed by atoms with van der Waals surface area (Å²) >= 11 is 0. The number of hydrogen-bond donors (Lipinski definition) is 0. The number of ether oxygens (including phenoxy) is 4. The monoisotopic (exact) mass is 332 g/mol. The number of hydrogen-bond acceptors (Lipinski definition) is 6. The zero-order valence-electron chi connectivity index (χ0n) is 14.0. The summed E-state index contributed by atoms with van der Waals surface area (Å²) in [5.74, 6) is -0.178. The Morgan fingerprint density at radius 1 is 0.870 bits per heavy atom. The highest BCUT2D eigenvalue weighted by Gasteiger charge is 1.99. The van der Waals surface area contributed by atoms with Crippen molar-refractivity contribution in [1.82, 2.24) is 0 Å². The van der Waals surface area contributed by atoms with Crippen LogP contribution in [0.4, 0.5) is 14.0 Å². The number of halogens is 1. The van der Waals surface area contributed by atoms with Gasteiger partial charge in [0.2, 0.25) is 0 Å². The molecule has 0 radical (unpaired) electrons. The molecule has 0 saturated heterocycles. The van der Waals surface area contributed by atoms with E-state index in [2.05, 4.69) is 18.9 Å². The third kappa shape index (κ3) is 19.7. The van der Waals surface area contributed by atoms with Gasteiger partial charge in [-0.15, -0.1) is 0 Å². The lowest BCUT2D eigenvalue weighted by Gasteiger charge is -2.02. The van der Waals surface area contributed by atoms with Gasteiger partial charge in [-0.05, 0) is 25.0 Å². The zero-order valence-corrected chi connectivity index (χ0v) is 14.0. The summed E-state index contributed by atoms with van der Waals surface area (Å²) in [7, 11) is 2.51. The lowest BCUT2D eigenvalue weighted by Crippen LogP contribution is -2.08. The van der Waals surface area contributed by atoms with Crippen molar-refractivity contribution in [3.8, 4) is 0 Å². The van der Waals surface area contributed by atoms with E-state index in [1.807, 2.05) is 13.8 Å². The minimum Gasteiger partial charge on any atom is -0.438 e. The Kier molecular flexibility index (Phi) is 17.7. The second-order valence-corrected chi connectivity index (χ2v) is 3.90. The first-order valence-electron chi connectivity index (χ1n) is 7.13. The van der Waals surface area contributed by atoms with Gasteiger partial charge in [0, 0.05) is 0 Å². The highest BCUT2D eigenvalue weighted by molar-refractivity contribution is 5.59. The first-order chi connectivity index (χ1) is 11.0. The van der Waals surface area contributed by atoms with Crippen LogP contribution < -0.4 is 0 Å². The van der Waals surface area contributed by atoms with Gasteiger partial charge < -0.3 is 18.9 Å². The Balaban J connectivity index is 0. The Morgan fingerprint density at radius 3 is 1.52 bits per heavy atom. The van der Waals surface area contributed by atoms with Gasteiger partial charge >= 0.3 is 12.3 Å². The van der Waals surface area contributed by atoms with Crippen LogP contribution in [-0.4, -0.2) is 39.7 Å². The molecule has 6 nitrogen and oxygen atoms in total. The van der Waals surface area contributed by atoms with Crippen molar-refractivity contribution in [2.45, 2.75) is 26.7 Å². The predicted octanol–water partition coefficient (Wildman–Crippen LogP) is 4.18. The van der Waals surface area contributed by atoms with Crippen molar-refractivity contribution in [3.05, 3.63) is 36.1 Å². The Morgan fingerprint density at radius 2 is 1.30 bits per heavy atom. The quantitative estimate of drug-likeness (QED) is 0.770. The molecular formula is C16H25FO6. The average Bonchev–Trinajstić information content (AvgIpc) is 2.59. The standard InChI is InChI=1S/C7H14O3.C6H5F.C3H6O3/c1-3-5-9-7(8)10-6-4-2;7-6-4-2-1-3-5-6;1-5-3(4)6-2/h3-6H2,1-2H3;1-5H;1-2H3. The first-order valence-corrected chi connectivity index (χ1v) is 7.13. The minimum atomic E-state index is -0.657. The Bertz CT molecular complexity index is 381. The lowest BCUT2D eigenvalue weighted by molar-refractivity contribution is 0.0554. The van der Waals surface area contributed by atoms with E-state index in [1.54, 1.807) is 18.2 Å². The second-order valence-electron chi connectivity index (χ2n) is 3.90. The topological polar surface area (TPSA) is 71.1 Å². The summed E-state index contributed by atoms with van der Waals surface area (Å²) < 4.78 is 29.2. The van der Waals surface area contributed by atoms with Gasteiger partial charge in [0.25, 0.3) is 0 Å². The molecule has 132 valence electrons. The van der Waals surface area contributed by atoms with Crippen LogP contribution in [0.2, 0.25) is 0 Å². The van der Waals surface area contributed by atoms with E-state index in [1.165, 1.54) is 26.4 Å². The normalized spacial score (nSPS) is 8.39. The van der Waals surface area contributed by atoms with Crippen LogP contribution in [0, 0.1) is 5.82 Å². The summed E-state index contributed by atoms with van der Waals surface area (Å²) in [4.78, 5) is 20.3. The van der Waals surface area contributed by atoms with Gasteiger partial charge in [-0.1, -0.05) is 32.0 Å². The molecule has 0 bridgehead atoms. The van der Waals surface area contributed by atoms with E-state index < -0.39 is 12.3 Å². The van der Waals surface area contributed by atoms with Crippen LogP contribution in [0.1, 0.15) is 26.7 Å². The van der Waals surface area contributed by atoms with E-state index in [0.717, 1.165) is 12.8 Å². The van der Waals surface area contributed by atoms with Crippen molar-refractivity contribution in [3.63, 3.8) is 0 Å². The van der Waals surface area contributed by atoms with Crippen molar-refractivity contribution in [1.29, 1.82) is 0 Å². The van der Waals surface area contributed by atoms with Crippen LogP contribution in [-0.2, 0) is 18.9 Å². The molecule has 7 heteroatoms. The SMILES string of the molecule is CCCOC(=O)OCCC.COC(=O)OC.Fc1ccccc1. The smallest absolute Gasteiger partial charge is 0.438 e. The van der Waals surface area contributed by atoms with Crippen LogP contribution in [0.3, 0.4) is 0 Å². The molecule has 0 aliphatic carbocycles. The largest absolute Gasteiger partial charge is 0.508 e. The maximum atomic E-state index is 11.9. The Labute approximate surface area is 136 Å². The molecule has 0 amide bonds. The maximum absolute atomic E-state index is 11.9. The van der Waals surface area contributed by atoms with Crippen molar-refractivity contribution in [2.75, 3.05) is 27.4 Å². The fourth-order valence-electron chi connectivity index (χ4n) is 0.910. The summed E-state index contributed by atoms with van der Waals surface area (Å²) in [6.07, 6.45) is 0.460. The minimum absolute atomic E-state index is 0.178. The number of carbonyl (C=O) groups is 2. The molecule has 1 aromatic rings. The van der Waals surface area contributed by atoms with E-state index >= 15 is 0 Å². The van der Waals surface area contributed by atoms with Crippen LogP contribution in [0.25, 0.3) is 0 Å². The van der Waals surface area contributed by atoms with Gasteiger partial charge in [0.15, 0.2) is 0 Å². The predicted molar refractivity (Wildman–Crippen MR) is 83.7 cm³/mol. The molecule has 0 aliphatic rings. The van der Waals surface area contributed by atoms with Crippen LogP contribution in [0.15, 0.2) is 30.3 Å².